The lowest BCUT2D eigenvalue weighted by atomic mass is 9.77. The minimum atomic E-state index is -0.950. The van der Waals surface area contributed by atoms with Crippen molar-refractivity contribution in [2.75, 3.05) is 45.2 Å². The number of fused-ring (bicyclic) bond motifs is 1. The molecule has 7 nitrogen and oxygen atoms in total. The fourth-order valence-corrected chi connectivity index (χ4v) is 7.18. The van der Waals surface area contributed by atoms with Gasteiger partial charge in [0.05, 0.1) is 31.3 Å². The second kappa shape index (κ2) is 12.4. The minimum absolute atomic E-state index is 0.00990. The van der Waals surface area contributed by atoms with Crippen molar-refractivity contribution < 1.29 is 19.4 Å². The molecule has 2 fully saturated rings. The summed E-state index contributed by atoms with van der Waals surface area (Å²) in [5, 5.41) is 12.3. The van der Waals surface area contributed by atoms with E-state index >= 15 is 0 Å². The first kappa shape index (κ1) is 30.9. The molecule has 1 unspecified atom stereocenters. The Bertz CT molecular complexity index is 1480. The van der Waals surface area contributed by atoms with Crippen molar-refractivity contribution in [3.63, 3.8) is 0 Å². The summed E-state index contributed by atoms with van der Waals surface area (Å²) >= 11 is 6.27. The van der Waals surface area contributed by atoms with Crippen molar-refractivity contribution >= 4 is 23.2 Å². The average molecular weight is 618 g/mol. The highest BCUT2D eigenvalue weighted by molar-refractivity contribution is 6.30. The van der Waals surface area contributed by atoms with E-state index in [4.69, 9.17) is 21.1 Å². The van der Waals surface area contributed by atoms with Gasteiger partial charge in [-0.05, 0) is 112 Å². The molecule has 8 heteroatoms. The Balaban J connectivity index is 1.29. The number of benzene rings is 3. The SMILES string of the molecule is COc1cc2c(cc1OC(C)C)C(c1ccc(Cl)cc1)N(c1ccc([C@@](C)(O)C3CN(C4CCN(C)CC4)C3)cc1)C(=O)C2. The number of hydrogen-bond acceptors (Lipinski definition) is 6. The van der Waals surface area contributed by atoms with Crippen LogP contribution in [0.25, 0.3) is 0 Å². The Morgan fingerprint density at radius 2 is 1.64 bits per heavy atom. The standard InChI is InChI=1S/C36H44ClN3O4/c1-23(2)44-33-20-31-25(18-32(33)43-5)19-34(41)40(35(31)24-6-10-28(37)11-7-24)30-12-8-26(9-13-30)36(3,42)27-21-39(22-27)29-14-16-38(4)17-15-29/h6-13,18,20,23,27,29,35,42H,14-17,19,21-22H2,1-5H3/t35?,36-/m1/s1. The molecule has 3 heterocycles. The fourth-order valence-electron chi connectivity index (χ4n) is 7.05. The quantitative estimate of drug-likeness (QED) is 0.332. The summed E-state index contributed by atoms with van der Waals surface area (Å²) < 4.78 is 11.8. The number of rotatable bonds is 8. The van der Waals surface area contributed by atoms with Gasteiger partial charge < -0.3 is 24.4 Å². The van der Waals surface area contributed by atoms with Crippen molar-refractivity contribution in [1.82, 2.24) is 9.80 Å². The molecule has 3 aromatic rings. The van der Waals surface area contributed by atoms with Crippen molar-refractivity contribution in [1.29, 1.82) is 0 Å². The number of carbonyl (C=O) groups excluding carboxylic acids is 1. The molecule has 0 bridgehead atoms. The van der Waals surface area contributed by atoms with E-state index in [0.717, 1.165) is 54.1 Å². The van der Waals surface area contributed by atoms with E-state index in [1.54, 1.807) is 7.11 Å². The lowest BCUT2D eigenvalue weighted by molar-refractivity contribution is -0.118. The molecule has 1 amide bonds. The highest BCUT2D eigenvalue weighted by Gasteiger charge is 2.44. The van der Waals surface area contributed by atoms with Crippen LogP contribution in [0.15, 0.2) is 60.7 Å². The van der Waals surface area contributed by atoms with Crippen LogP contribution >= 0.6 is 11.6 Å². The van der Waals surface area contributed by atoms with Gasteiger partial charge in [0.1, 0.15) is 0 Å². The number of amides is 1. The molecule has 44 heavy (non-hydrogen) atoms. The summed E-state index contributed by atoms with van der Waals surface area (Å²) in [6, 6.07) is 19.7. The molecule has 2 saturated heterocycles. The van der Waals surface area contributed by atoms with Gasteiger partial charge in [-0.15, -0.1) is 0 Å². The molecule has 0 aliphatic carbocycles. The predicted molar refractivity (Wildman–Crippen MR) is 175 cm³/mol. The van der Waals surface area contributed by atoms with Gasteiger partial charge in [-0.3, -0.25) is 9.69 Å². The van der Waals surface area contributed by atoms with Crippen LogP contribution in [0.4, 0.5) is 5.69 Å². The normalized spacial score (nSPS) is 21.6. The molecular formula is C36H44ClN3O4. The van der Waals surface area contributed by atoms with Crippen LogP contribution in [-0.2, 0) is 16.8 Å². The van der Waals surface area contributed by atoms with Gasteiger partial charge in [0.25, 0.3) is 0 Å². The van der Waals surface area contributed by atoms with E-state index in [2.05, 4.69) is 16.8 Å². The van der Waals surface area contributed by atoms with E-state index < -0.39 is 5.60 Å². The van der Waals surface area contributed by atoms with Crippen LogP contribution in [0.2, 0.25) is 5.02 Å². The summed E-state index contributed by atoms with van der Waals surface area (Å²) in [5.41, 5.74) is 3.56. The van der Waals surface area contributed by atoms with Gasteiger partial charge in [0.15, 0.2) is 11.5 Å². The Labute approximate surface area is 266 Å². The number of methoxy groups -OCH3 is 1. The van der Waals surface area contributed by atoms with E-state index in [9.17, 15) is 9.90 Å². The van der Waals surface area contributed by atoms with Crippen LogP contribution in [0.1, 0.15) is 61.9 Å². The molecule has 234 valence electrons. The molecule has 1 N–H and O–H groups in total. The van der Waals surface area contributed by atoms with Crippen molar-refractivity contribution in [2.45, 2.75) is 63.8 Å². The second-order valence-corrected chi connectivity index (χ2v) is 13.6. The maximum atomic E-state index is 13.9. The van der Waals surface area contributed by atoms with Crippen molar-refractivity contribution in [3.8, 4) is 11.5 Å². The first-order valence-corrected chi connectivity index (χ1v) is 16.1. The van der Waals surface area contributed by atoms with E-state index in [0.29, 0.717) is 22.6 Å². The number of carbonyl (C=O) groups is 1. The number of nitrogens with zero attached hydrogens (tertiary/aromatic N) is 3. The summed E-state index contributed by atoms with van der Waals surface area (Å²) in [5.74, 6) is 1.43. The molecule has 6 rings (SSSR count). The summed E-state index contributed by atoms with van der Waals surface area (Å²) in [6.45, 7) is 10.00. The number of hydrogen-bond donors (Lipinski definition) is 1. The average Bonchev–Trinajstić information content (AvgIpc) is 2.97. The highest BCUT2D eigenvalue weighted by atomic mass is 35.5. The third-order valence-corrected chi connectivity index (χ3v) is 10.0. The van der Waals surface area contributed by atoms with Crippen LogP contribution in [0.3, 0.4) is 0 Å². The molecule has 0 radical (unpaired) electrons. The number of anilines is 1. The molecular weight excluding hydrogens is 574 g/mol. The Hall–Kier alpha value is -3.10. The van der Waals surface area contributed by atoms with Crippen molar-refractivity contribution in [2.24, 2.45) is 5.92 Å². The number of halogens is 1. The van der Waals surface area contributed by atoms with Crippen LogP contribution in [0, 0.1) is 5.92 Å². The van der Waals surface area contributed by atoms with Crippen LogP contribution in [-0.4, -0.2) is 73.3 Å². The van der Waals surface area contributed by atoms with Gasteiger partial charge in [-0.25, -0.2) is 0 Å². The zero-order valence-corrected chi connectivity index (χ0v) is 27.2. The summed E-state index contributed by atoms with van der Waals surface area (Å²) in [4.78, 5) is 20.7. The highest BCUT2D eigenvalue weighted by Crippen LogP contribution is 2.45. The number of likely N-dealkylation sites (tertiary alicyclic amines) is 2. The van der Waals surface area contributed by atoms with E-state index in [1.165, 1.54) is 12.8 Å². The van der Waals surface area contributed by atoms with E-state index in [-0.39, 0.29) is 30.4 Å². The Kier molecular flexibility index (Phi) is 8.68. The third-order valence-electron chi connectivity index (χ3n) is 9.78. The number of aliphatic hydroxyl groups is 1. The fraction of sp³-hybridized carbons (Fsp3) is 0.472. The molecule has 0 aromatic heterocycles. The smallest absolute Gasteiger partial charge is 0.232 e. The van der Waals surface area contributed by atoms with Crippen LogP contribution in [0.5, 0.6) is 11.5 Å². The lowest BCUT2D eigenvalue weighted by Gasteiger charge is -2.51. The molecule has 3 aromatic carbocycles. The number of piperidine rings is 1. The zero-order chi connectivity index (χ0) is 31.2. The molecule has 3 aliphatic rings. The maximum Gasteiger partial charge on any atom is 0.232 e. The largest absolute Gasteiger partial charge is 0.493 e. The minimum Gasteiger partial charge on any atom is -0.493 e. The first-order valence-electron chi connectivity index (χ1n) is 15.8. The monoisotopic (exact) mass is 617 g/mol. The Morgan fingerprint density at radius 1 is 0.977 bits per heavy atom. The van der Waals surface area contributed by atoms with Gasteiger partial charge >= 0.3 is 0 Å². The summed E-state index contributed by atoms with van der Waals surface area (Å²) in [7, 11) is 3.81. The summed E-state index contributed by atoms with van der Waals surface area (Å²) in [6.07, 6.45) is 2.59. The Morgan fingerprint density at radius 3 is 2.25 bits per heavy atom. The van der Waals surface area contributed by atoms with Gasteiger partial charge in [-0.1, -0.05) is 35.9 Å². The zero-order valence-electron chi connectivity index (χ0n) is 26.4. The predicted octanol–water partition coefficient (Wildman–Crippen LogP) is 6.05. The number of ether oxygens (including phenoxy) is 2. The molecule has 0 saturated carbocycles. The van der Waals surface area contributed by atoms with E-state index in [1.807, 2.05) is 86.3 Å². The lowest BCUT2D eigenvalue weighted by Crippen LogP contribution is -2.60. The molecule has 2 atom stereocenters. The van der Waals surface area contributed by atoms with Gasteiger partial charge in [0.2, 0.25) is 5.91 Å². The topological polar surface area (TPSA) is 65.5 Å². The first-order chi connectivity index (χ1) is 21.0. The third kappa shape index (κ3) is 5.95. The molecule has 0 spiro atoms. The van der Waals surface area contributed by atoms with Gasteiger partial charge in [0, 0.05) is 35.8 Å². The second-order valence-electron chi connectivity index (χ2n) is 13.1. The van der Waals surface area contributed by atoms with Crippen molar-refractivity contribution in [3.05, 3.63) is 87.9 Å². The molecule has 3 aliphatic heterocycles. The van der Waals surface area contributed by atoms with Crippen LogP contribution < -0.4 is 14.4 Å². The maximum absolute atomic E-state index is 13.9. The van der Waals surface area contributed by atoms with Gasteiger partial charge in [-0.2, -0.15) is 0 Å².